The maximum atomic E-state index is 13.5. The van der Waals surface area contributed by atoms with Crippen molar-refractivity contribution in [2.75, 3.05) is 68.8 Å². The lowest BCUT2D eigenvalue weighted by molar-refractivity contribution is 0.0982. The van der Waals surface area contributed by atoms with Gasteiger partial charge in [-0.3, -0.25) is 13.7 Å². The van der Waals surface area contributed by atoms with Crippen LogP contribution < -0.4 is 19.7 Å². The number of hydrogen-bond donors (Lipinski definition) is 2. The number of allylic oxidation sites excluding steroid dienone is 1. The summed E-state index contributed by atoms with van der Waals surface area (Å²) in [4.78, 5) is 18.6. The second-order valence-electron chi connectivity index (χ2n) is 15.2. The minimum atomic E-state index is -1.52. The van der Waals surface area contributed by atoms with E-state index in [2.05, 4.69) is 58.0 Å². The molecule has 1 saturated heterocycles. The highest BCUT2D eigenvalue weighted by Gasteiger charge is 2.39. The average Bonchev–Trinajstić information content (AvgIpc) is 3.28. The van der Waals surface area contributed by atoms with Gasteiger partial charge in [-0.15, -0.1) is 0 Å². The summed E-state index contributed by atoms with van der Waals surface area (Å²) in [5.74, 6) is 3.65. The standard InChI is InChI=1S/C40H57ClN4O4S2/c1-4-7-30-22-35(41)12-14-36(30)34-26-45-25-33-10-13-37(33)32(24-44-18-6-20-50(47)21-17-42-16-19-44)9-5-8-28(2)29(3)51(48)43-40(46)31-11-15-39(49-27-34)38(45)23-31/h5,9,11-12,14-15,22-23,28-29,32-34,37,42H,4,6-8,10,13,16-21,24-27H2,1-3H3,(H,43,46)/b9-5+. The van der Waals surface area contributed by atoms with Crippen LogP contribution in [-0.2, 0) is 28.2 Å². The molecule has 4 aliphatic rings. The normalized spacial score (nSPS) is 32.0. The second kappa shape index (κ2) is 18.2. The van der Waals surface area contributed by atoms with Crippen molar-refractivity contribution in [2.45, 2.75) is 70.5 Å². The molecule has 11 heteroatoms. The van der Waals surface area contributed by atoms with Crippen LogP contribution in [0.1, 0.15) is 80.3 Å². The molecule has 51 heavy (non-hydrogen) atoms. The molecule has 8 unspecified atom stereocenters. The first-order chi connectivity index (χ1) is 24.7. The number of anilines is 1. The van der Waals surface area contributed by atoms with Crippen LogP contribution in [0, 0.1) is 23.7 Å². The monoisotopic (exact) mass is 756 g/mol. The molecule has 2 aromatic carbocycles. The molecule has 0 radical (unpaired) electrons. The summed E-state index contributed by atoms with van der Waals surface area (Å²) >= 11 is 6.49. The van der Waals surface area contributed by atoms with Crippen molar-refractivity contribution in [3.8, 4) is 5.75 Å². The minimum absolute atomic E-state index is 0.134. The number of hydrogen-bond acceptors (Lipinski definition) is 7. The maximum Gasteiger partial charge on any atom is 0.263 e. The Morgan fingerprint density at radius 2 is 1.88 bits per heavy atom. The molecule has 2 fully saturated rings. The Morgan fingerprint density at radius 3 is 2.69 bits per heavy atom. The summed E-state index contributed by atoms with van der Waals surface area (Å²) in [6.07, 6.45) is 10.9. The molecule has 2 bridgehead atoms. The summed E-state index contributed by atoms with van der Waals surface area (Å²) < 4.78 is 35.3. The smallest absolute Gasteiger partial charge is 0.263 e. The van der Waals surface area contributed by atoms with Gasteiger partial charge in [0, 0.05) is 78.1 Å². The van der Waals surface area contributed by atoms with Gasteiger partial charge >= 0.3 is 0 Å². The van der Waals surface area contributed by atoms with Gasteiger partial charge in [-0.1, -0.05) is 50.1 Å². The van der Waals surface area contributed by atoms with E-state index in [1.54, 1.807) is 6.07 Å². The molecule has 280 valence electrons. The van der Waals surface area contributed by atoms with Crippen LogP contribution in [0.4, 0.5) is 5.69 Å². The second-order valence-corrected chi connectivity index (χ2v) is 18.9. The highest BCUT2D eigenvalue weighted by molar-refractivity contribution is 7.85. The van der Waals surface area contributed by atoms with Crippen molar-refractivity contribution in [3.63, 3.8) is 0 Å². The van der Waals surface area contributed by atoms with E-state index in [-0.39, 0.29) is 23.0 Å². The molecule has 0 spiro atoms. The number of nitrogens with one attached hydrogen (secondary N) is 2. The van der Waals surface area contributed by atoms with E-state index in [0.717, 1.165) is 99.5 Å². The first-order valence-electron chi connectivity index (χ1n) is 19.2. The maximum absolute atomic E-state index is 13.5. The Labute approximate surface area is 315 Å². The third-order valence-electron chi connectivity index (χ3n) is 11.6. The Hall–Kier alpha value is -2.24. The Bertz CT molecular complexity index is 1590. The zero-order valence-electron chi connectivity index (χ0n) is 30.6. The zero-order chi connectivity index (χ0) is 35.9. The van der Waals surface area contributed by atoms with Gasteiger partial charge in [0.15, 0.2) is 0 Å². The van der Waals surface area contributed by atoms with E-state index >= 15 is 0 Å². The lowest BCUT2D eigenvalue weighted by Gasteiger charge is -2.45. The molecule has 1 amide bonds. The van der Waals surface area contributed by atoms with E-state index in [0.29, 0.717) is 29.9 Å². The molecular formula is C40H57ClN4O4S2. The van der Waals surface area contributed by atoms with Crippen molar-refractivity contribution in [2.24, 2.45) is 23.7 Å². The first-order valence-corrected chi connectivity index (χ1v) is 22.2. The molecule has 8 nitrogen and oxygen atoms in total. The number of carbonyl (C=O) groups is 1. The molecule has 2 N–H and O–H groups in total. The summed E-state index contributed by atoms with van der Waals surface area (Å²) in [5.41, 5.74) is 3.99. The summed E-state index contributed by atoms with van der Waals surface area (Å²) in [6.45, 7) is 13.1. The highest BCUT2D eigenvalue weighted by atomic mass is 35.5. The molecule has 1 saturated carbocycles. The highest BCUT2D eigenvalue weighted by Crippen LogP contribution is 2.44. The van der Waals surface area contributed by atoms with Crippen LogP contribution in [0.2, 0.25) is 5.02 Å². The number of ether oxygens (including phenoxy) is 1. The number of halogens is 1. The van der Waals surface area contributed by atoms with Gasteiger partial charge in [-0.2, -0.15) is 0 Å². The van der Waals surface area contributed by atoms with Gasteiger partial charge in [-0.25, -0.2) is 4.21 Å². The summed E-state index contributed by atoms with van der Waals surface area (Å²) in [6, 6.07) is 12.0. The first kappa shape index (κ1) is 38.5. The lowest BCUT2D eigenvalue weighted by atomic mass is 9.66. The van der Waals surface area contributed by atoms with Crippen LogP contribution in [-0.4, -0.2) is 88.4 Å². The Balaban J connectivity index is 1.33. The topological polar surface area (TPSA) is 91.0 Å². The van der Waals surface area contributed by atoms with Gasteiger partial charge in [0.1, 0.15) is 16.7 Å². The molecule has 6 rings (SSSR count). The van der Waals surface area contributed by atoms with Crippen LogP contribution in [0.15, 0.2) is 48.6 Å². The molecule has 3 aliphatic heterocycles. The number of amides is 1. The fourth-order valence-electron chi connectivity index (χ4n) is 8.27. The van der Waals surface area contributed by atoms with Crippen molar-refractivity contribution in [1.82, 2.24) is 14.9 Å². The fourth-order valence-corrected chi connectivity index (χ4v) is 10.5. The molecule has 0 aromatic heterocycles. The Kier molecular flexibility index (Phi) is 13.7. The fraction of sp³-hybridized carbons (Fsp3) is 0.625. The quantitative estimate of drug-likeness (QED) is 0.345. The van der Waals surface area contributed by atoms with Crippen LogP contribution in [0.25, 0.3) is 0 Å². The van der Waals surface area contributed by atoms with E-state index < -0.39 is 21.8 Å². The van der Waals surface area contributed by atoms with Gasteiger partial charge in [0.05, 0.1) is 17.5 Å². The minimum Gasteiger partial charge on any atom is -0.491 e. The van der Waals surface area contributed by atoms with E-state index in [1.807, 2.05) is 25.1 Å². The number of benzene rings is 2. The van der Waals surface area contributed by atoms with Crippen molar-refractivity contribution in [1.29, 1.82) is 0 Å². The molecule has 8 atom stereocenters. The van der Waals surface area contributed by atoms with Gasteiger partial charge in [-0.05, 0) is 111 Å². The van der Waals surface area contributed by atoms with Crippen molar-refractivity contribution in [3.05, 3.63) is 70.3 Å². The zero-order valence-corrected chi connectivity index (χ0v) is 33.0. The Morgan fingerprint density at radius 1 is 1.02 bits per heavy atom. The van der Waals surface area contributed by atoms with Crippen molar-refractivity contribution < 1.29 is 17.9 Å². The van der Waals surface area contributed by atoms with Gasteiger partial charge in [0.25, 0.3) is 5.91 Å². The predicted molar refractivity (Wildman–Crippen MR) is 212 cm³/mol. The van der Waals surface area contributed by atoms with Gasteiger partial charge in [0.2, 0.25) is 0 Å². The van der Waals surface area contributed by atoms with Crippen LogP contribution in [0.3, 0.4) is 0 Å². The van der Waals surface area contributed by atoms with E-state index in [4.69, 9.17) is 16.3 Å². The van der Waals surface area contributed by atoms with Gasteiger partial charge < -0.3 is 19.9 Å². The number of aryl methyl sites for hydroxylation is 1. The molecular weight excluding hydrogens is 700 g/mol. The summed E-state index contributed by atoms with van der Waals surface area (Å²) in [7, 11) is -2.28. The van der Waals surface area contributed by atoms with E-state index in [1.165, 1.54) is 24.0 Å². The van der Waals surface area contributed by atoms with E-state index in [9.17, 15) is 13.2 Å². The molecule has 3 heterocycles. The largest absolute Gasteiger partial charge is 0.491 e. The third kappa shape index (κ3) is 9.85. The van der Waals surface area contributed by atoms with Crippen LogP contribution >= 0.6 is 11.6 Å². The third-order valence-corrected chi connectivity index (χ3v) is 14.8. The number of nitrogens with zero attached hydrogens (tertiary/aromatic N) is 2. The molecule has 2 aromatic rings. The SMILES string of the molecule is CCCc1cc(Cl)ccc1C1COc2ccc3cc2N(C1)CC1CCC1C(CN1CCCS(=O)CCNCC1)/C=C/CC(C)C(C)S(=O)NC3=O. The van der Waals surface area contributed by atoms with Crippen molar-refractivity contribution >= 4 is 45.0 Å². The number of rotatable bonds is 5. The summed E-state index contributed by atoms with van der Waals surface area (Å²) in [5, 5.41) is 4.07. The number of carbonyl (C=O) groups excluding carboxylic acids is 1. The van der Waals surface area contributed by atoms with Crippen LogP contribution in [0.5, 0.6) is 5.75 Å². The average molecular weight is 758 g/mol. The predicted octanol–water partition coefficient (Wildman–Crippen LogP) is 6.34. The molecule has 1 aliphatic carbocycles. The lowest BCUT2D eigenvalue weighted by Crippen LogP contribution is -2.46. The number of fused-ring (bicyclic) bond motifs is 2.